The molecule has 1 saturated heterocycles. The zero-order valence-electron chi connectivity index (χ0n) is 12.0. The van der Waals surface area contributed by atoms with Gasteiger partial charge in [0, 0.05) is 19.5 Å². The first-order valence-corrected chi connectivity index (χ1v) is 9.04. The summed E-state index contributed by atoms with van der Waals surface area (Å²) in [7, 11) is -3.36. The van der Waals surface area contributed by atoms with Gasteiger partial charge in [-0.2, -0.15) is 4.31 Å². The number of piperidine rings is 1. The molecule has 1 saturated carbocycles. The van der Waals surface area contributed by atoms with Crippen molar-refractivity contribution < 1.29 is 13.2 Å². The largest absolute Gasteiger partial charge is 0.493 e. The third kappa shape index (κ3) is 2.38. The number of allylic oxidation sites excluding steroid dienone is 1. The van der Waals surface area contributed by atoms with Gasteiger partial charge in [0.1, 0.15) is 5.75 Å². The molecule has 0 atom stereocenters. The van der Waals surface area contributed by atoms with Crippen molar-refractivity contribution in [1.82, 2.24) is 4.31 Å². The number of ether oxygens (including phenoxy) is 1. The van der Waals surface area contributed by atoms with E-state index in [0.717, 1.165) is 30.6 Å². The summed E-state index contributed by atoms with van der Waals surface area (Å²) >= 11 is 0. The first-order valence-electron chi connectivity index (χ1n) is 7.60. The van der Waals surface area contributed by atoms with Crippen LogP contribution in [0.1, 0.15) is 31.2 Å². The molecule has 2 fully saturated rings. The van der Waals surface area contributed by atoms with E-state index in [9.17, 15) is 8.42 Å². The van der Waals surface area contributed by atoms with Crippen LogP contribution in [-0.4, -0.2) is 32.4 Å². The van der Waals surface area contributed by atoms with Gasteiger partial charge in [0.25, 0.3) is 0 Å². The van der Waals surface area contributed by atoms with Crippen molar-refractivity contribution in [3.63, 3.8) is 0 Å². The fourth-order valence-electron chi connectivity index (χ4n) is 3.24. The topological polar surface area (TPSA) is 46.6 Å². The molecule has 0 aromatic heterocycles. The Bertz CT molecular complexity index is 705. The lowest BCUT2D eigenvalue weighted by Crippen LogP contribution is -2.36. The van der Waals surface area contributed by atoms with Crippen molar-refractivity contribution in [1.29, 1.82) is 0 Å². The van der Waals surface area contributed by atoms with Gasteiger partial charge in [-0.05, 0) is 49.4 Å². The molecule has 0 N–H and O–H groups in total. The SMILES string of the molecule is O=S(=O)(c1ccc2c(c1)CCO2)N1CCC(=C2CC2)CC1. The molecule has 1 aromatic carbocycles. The number of hydrogen-bond donors (Lipinski definition) is 0. The number of nitrogens with zero attached hydrogens (tertiary/aromatic N) is 1. The molecule has 4 nitrogen and oxygen atoms in total. The number of sulfonamides is 1. The average molecular weight is 305 g/mol. The van der Waals surface area contributed by atoms with Crippen LogP contribution in [0.2, 0.25) is 0 Å². The Morgan fingerprint density at radius 3 is 2.38 bits per heavy atom. The third-order valence-corrected chi connectivity index (χ3v) is 6.52. The Hall–Kier alpha value is -1.33. The number of benzene rings is 1. The van der Waals surface area contributed by atoms with Crippen molar-refractivity contribution in [2.45, 2.75) is 37.0 Å². The van der Waals surface area contributed by atoms with E-state index in [1.807, 2.05) is 0 Å². The second-order valence-electron chi connectivity index (χ2n) is 5.98. The Morgan fingerprint density at radius 1 is 0.952 bits per heavy atom. The lowest BCUT2D eigenvalue weighted by Gasteiger charge is -2.28. The molecular weight excluding hydrogens is 286 g/mol. The Morgan fingerprint density at radius 2 is 1.67 bits per heavy atom. The Kier molecular flexibility index (Phi) is 3.08. The summed E-state index contributed by atoms with van der Waals surface area (Å²) in [5.74, 6) is 0.827. The predicted octanol–water partition coefficient (Wildman–Crippen LogP) is 2.50. The maximum Gasteiger partial charge on any atom is 0.243 e. The van der Waals surface area contributed by atoms with Gasteiger partial charge in [-0.15, -0.1) is 0 Å². The minimum atomic E-state index is -3.36. The van der Waals surface area contributed by atoms with E-state index in [1.165, 1.54) is 18.4 Å². The van der Waals surface area contributed by atoms with E-state index in [2.05, 4.69) is 0 Å². The van der Waals surface area contributed by atoms with Crippen LogP contribution in [0.5, 0.6) is 5.75 Å². The summed E-state index contributed by atoms with van der Waals surface area (Å²) in [5, 5.41) is 0. The molecule has 21 heavy (non-hydrogen) atoms. The van der Waals surface area contributed by atoms with Crippen LogP contribution < -0.4 is 4.74 Å². The van der Waals surface area contributed by atoms with Crippen molar-refractivity contribution >= 4 is 10.0 Å². The third-order valence-electron chi connectivity index (χ3n) is 4.62. The minimum Gasteiger partial charge on any atom is -0.493 e. The predicted molar refractivity (Wildman–Crippen MR) is 79.9 cm³/mol. The summed E-state index contributed by atoms with van der Waals surface area (Å²) in [5.41, 5.74) is 4.08. The highest BCUT2D eigenvalue weighted by Crippen LogP contribution is 2.37. The molecule has 3 aliphatic rings. The fraction of sp³-hybridized carbons (Fsp3) is 0.500. The second-order valence-corrected chi connectivity index (χ2v) is 7.92. The monoisotopic (exact) mass is 305 g/mol. The molecule has 0 amide bonds. The fourth-order valence-corrected chi connectivity index (χ4v) is 4.73. The van der Waals surface area contributed by atoms with Gasteiger partial charge < -0.3 is 4.74 Å². The van der Waals surface area contributed by atoms with Crippen LogP contribution in [0.3, 0.4) is 0 Å². The summed E-state index contributed by atoms with van der Waals surface area (Å²) in [4.78, 5) is 0.411. The maximum absolute atomic E-state index is 12.7. The molecule has 0 radical (unpaired) electrons. The van der Waals surface area contributed by atoms with Crippen LogP contribution in [0.4, 0.5) is 0 Å². The number of rotatable bonds is 2. The smallest absolute Gasteiger partial charge is 0.243 e. The highest BCUT2D eigenvalue weighted by atomic mass is 32.2. The molecular formula is C16H19NO3S. The molecule has 5 heteroatoms. The van der Waals surface area contributed by atoms with Crippen LogP contribution >= 0.6 is 0 Å². The van der Waals surface area contributed by atoms with E-state index < -0.39 is 10.0 Å². The summed E-state index contributed by atoms with van der Waals surface area (Å²) < 4.78 is 32.6. The van der Waals surface area contributed by atoms with Gasteiger partial charge >= 0.3 is 0 Å². The molecule has 4 rings (SSSR count). The van der Waals surface area contributed by atoms with Crippen molar-refractivity contribution in [3.05, 3.63) is 34.9 Å². The molecule has 0 bridgehead atoms. The van der Waals surface area contributed by atoms with Crippen molar-refractivity contribution in [3.8, 4) is 5.75 Å². The van der Waals surface area contributed by atoms with E-state index in [0.29, 0.717) is 24.6 Å². The minimum absolute atomic E-state index is 0.411. The first-order chi connectivity index (χ1) is 10.1. The van der Waals surface area contributed by atoms with Gasteiger partial charge in [0.2, 0.25) is 10.0 Å². The van der Waals surface area contributed by atoms with Crippen molar-refractivity contribution in [2.75, 3.05) is 19.7 Å². The number of fused-ring (bicyclic) bond motifs is 1. The Balaban J connectivity index is 1.57. The van der Waals surface area contributed by atoms with E-state index >= 15 is 0 Å². The normalized spacial score (nSPS) is 22.1. The van der Waals surface area contributed by atoms with Gasteiger partial charge in [-0.25, -0.2) is 8.42 Å². The van der Waals surface area contributed by atoms with E-state index in [4.69, 9.17) is 4.74 Å². The standard InChI is InChI=1S/C16H19NO3S/c18-21(19,15-3-4-16-14(11-15)7-10-20-16)17-8-5-13(6-9-17)12-1-2-12/h3-4,11H,1-2,5-10H2. The summed E-state index contributed by atoms with van der Waals surface area (Å²) in [6.45, 7) is 1.89. The van der Waals surface area contributed by atoms with Crippen LogP contribution in [0, 0.1) is 0 Å². The van der Waals surface area contributed by atoms with Crippen LogP contribution in [-0.2, 0) is 16.4 Å². The lowest BCUT2D eigenvalue weighted by molar-refractivity contribution is 0.356. The highest BCUT2D eigenvalue weighted by Gasteiger charge is 2.30. The molecule has 0 unspecified atom stereocenters. The van der Waals surface area contributed by atoms with E-state index in [1.54, 1.807) is 28.1 Å². The average Bonchev–Trinajstić information content (AvgIpc) is 3.24. The lowest BCUT2D eigenvalue weighted by atomic mass is 10.1. The van der Waals surface area contributed by atoms with Gasteiger partial charge in [0.05, 0.1) is 11.5 Å². The molecule has 1 aromatic rings. The quantitative estimate of drug-likeness (QED) is 0.789. The van der Waals surface area contributed by atoms with Gasteiger partial charge in [-0.1, -0.05) is 11.1 Å². The molecule has 0 spiro atoms. The van der Waals surface area contributed by atoms with E-state index in [-0.39, 0.29) is 0 Å². The first kappa shape index (κ1) is 13.3. The summed E-state index contributed by atoms with van der Waals surface area (Å²) in [6, 6.07) is 5.25. The molecule has 1 aliphatic carbocycles. The van der Waals surface area contributed by atoms with Gasteiger partial charge in [0.15, 0.2) is 0 Å². The molecule has 2 heterocycles. The zero-order chi connectivity index (χ0) is 14.4. The number of hydrogen-bond acceptors (Lipinski definition) is 3. The Labute approximate surface area is 125 Å². The summed E-state index contributed by atoms with van der Waals surface area (Å²) in [6.07, 6.45) is 5.07. The maximum atomic E-state index is 12.7. The zero-order valence-corrected chi connectivity index (χ0v) is 12.8. The molecule has 2 aliphatic heterocycles. The highest BCUT2D eigenvalue weighted by molar-refractivity contribution is 7.89. The second kappa shape index (κ2) is 4.85. The molecule has 112 valence electrons. The van der Waals surface area contributed by atoms with Crippen molar-refractivity contribution in [2.24, 2.45) is 0 Å². The van der Waals surface area contributed by atoms with Crippen LogP contribution in [0.15, 0.2) is 34.2 Å². The van der Waals surface area contributed by atoms with Gasteiger partial charge in [-0.3, -0.25) is 0 Å². The van der Waals surface area contributed by atoms with Crippen LogP contribution in [0.25, 0.3) is 0 Å².